The molecule has 0 bridgehead atoms. The third-order valence-electron chi connectivity index (χ3n) is 3.59. The number of benzene rings is 1. The van der Waals surface area contributed by atoms with Gasteiger partial charge in [-0.25, -0.2) is 0 Å². The van der Waals surface area contributed by atoms with Crippen molar-refractivity contribution in [3.05, 3.63) is 53.9 Å². The predicted molar refractivity (Wildman–Crippen MR) is 84.8 cm³/mol. The normalized spacial score (nSPS) is 13.6. The summed E-state index contributed by atoms with van der Waals surface area (Å²) in [5, 5.41) is 6.23. The summed E-state index contributed by atoms with van der Waals surface area (Å²) < 4.78 is 5.63. The first-order valence-corrected chi connectivity index (χ1v) is 7.46. The minimum atomic E-state index is 0.0132. The first-order valence-electron chi connectivity index (χ1n) is 7.46. The van der Waals surface area contributed by atoms with Crippen LogP contribution in [-0.4, -0.2) is 24.0 Å². The summed E-state index contributed by atoms with van der Waals surface area (Å²) in [5.41, 5.74) is 3.00. The van der Waals surface area contributed by atoms with Gasteiger partial charge in [0, 0.05) is 43.2 Å². The van der Waals surface area contributed by atoms with Gasteiger partial charge < -0.3 is 15.4 Å². The first-order chi connectivity index (χ1) is 10.8. The molecule has 1 aliphatic heterocycles. The molecule has 2 heterocycles. The highest BCUT2D eigenvalue weighted by Crippen LogP contribution is 2.24. The molecule has 1 amide bonds. The number of anilines is 1. The molecule has 0 radical (unpaired) electrons. The van der Waals surface area contributed by atoms with E-state index in [9.17, 15) is 4.79 Å². The van der Waals surface area contributed by atoms with E-state index >= 15 is 0 Å². The molecule has 1 aromatic carbocycles. The van der Waals surface area contributed by atoms with E-state index in [1.54, 1.807) is 12.4 Å². The molecule has 0 unspecified atom stereocenters. The zero-order chi connectivity index (χ0) is 15.2. The van der Waals surface area contributed by atoms with Crippen LogP contribution in [0, 0.1) is 0 Å². The van der Waals surface area contributed by atoms with Crippen LogP contribution < -0.4 is 15.4 Å². The summed E-state index contributed by atoms with van der Waals surface area (Å²) in [6.07, 6.45) is 4.65. The van der Waals surface area contributed by atoms with Crippen molar-refractivity contribution >= 4 is 11.6 Å². The zero-order valence-corrected chi connectivity index (χ0v) is 12.3. The van der Waals surface area contributed by atoms with Crippen molar-refractivity contribution in [2.24, 2.45) is 0 Å². The molecular formula is C17H19N3O2. The molecule has 1 aromatic heterocycles. The van der Waals surface area contributed by atoms with Crippen LogP contribution in [0.15, 0.2) is 42.7 Å². The number of amides is 1. The monoisotopic (exact) mass is 297 g/mol. The minimum absolute atomic E-state index is 0.0132. The summed E-state index contributed by atoms with van der Waals surface area (Å²) in [7, 11) is 0. The van der Waals surface area contributed by atoms with Crippen LogP contribution in [-0.2, 0) is 17.8 Å². The maximum Gasteiger partial charge on any atom is 0.224 e. The van der Waals surface area contributed by atoms with Gasteiger partial charge in [-0.2, -0.15) is 0 Å². The van der Waals surface area contributed by atoms with Crippen molar-refractivity contribution in [2.45, 2.75) is 19.4 Å². The Kier molecular flexibility index (Phi) is 4.65. The lowest BCUT2D eigenvalue weighted by Gasteiger charge is -2.10. The topological polar surface area (TPSA) is 63.2 Å². The van der Waals surface area contributed by atoms with Crippen LogP contribution in [0.25, 0.3) is 0 Å². The van der Waals surface area contributed by atoms with Gasteiger partial charge in [-0.3, -0.25) is 9.78 Å². The van der Waals surface area contributed by atoms with Crippen LogP contribution in [0.2, 0.25) is 0 Å². The number of hydrogen-bond acceptors (Lipinski definition) is 4. The van der Waals surface area contributed by atoms with Crippen molar-refractivity contribution < 1.29 is 9.53 Å². The van der Waals surface area contributed by atoms with E-state index < -0.39 is 0 Å². The molecule has 0 aliphatic carbocycles. The van der Waals surface area contributed by atoms with Crippen molar-refractivity contribution in [2.75, 3.05) is 18.5 Å². The van der Waals surface area contributed by atoms with E-state index in [0.717, 1.165) is 35.7 Å². The number of hydrogen-bond donors (Lipinski definition) is 2. The van der Waals surface area contributed by atoms with Crippen LogP contribution in [0.3, 0.4) is 0 Å². The van der Waals surface area contributed by atoms with Gasteiger partial charge in [0.2, 0.25) is 5.91 Å². The second-order valence-corrected chi connectivity index (χ2v) is 5.25. The van der Waals surface area contributed by atoms with E-state index in [2.05, 4.69) is 15.6 Å². The largest absolute Gasteiger partial charge is 0.492 e. The van der Waals surface area contributed by atoms with Crippen molar-refractivity contribution in [1.29, 1.82) is 0 Å². The molecule has 2 aromatic rings. The lowest BCUT2D eigenvalue weighted by Crippen LogP contribution is -2.16. The van der Waals surface area contributed by atoms with Gasteiger partial charge in [-0.05, 0) is 42.3 Å². The number of fused-ring (bicyclic) bond motifs is 1. The maximum atomic E-state index is 12.0. The molecule has 2 N–H and O–H groups in total. The number of carbonyl (C=O) groups excluding carboxylic acids is 1. The molecule has 0 spiro atoms. The van der Waals surface area contributed by atoms with Crippen LogP contribution in [0.5, 0.6) is 5.75 Å². The van der Waals surface area contributed by atoms with Gasteiger partial charge in [0.25, 0.3) is 0 Å². The van der Waals surface area contributed by atoms with Crippen LogP contribution in [0.4, 0.5) is 5.69 Å². The fourth-order valence-corrected chi connectivity index (χ4v) is 2.42. The Bertz CT molecular complexity index is 644. The zero-order valence-electron chi connectivity index (χ0n) is 12.3. The number of ether oxygens (including phenoxy) is 1. The Morgan fingerprint density at radius 1 is 1.27 bits per heavy atom. The number of aromatic nitrogens is 1. The lowest BCUT2D eigenvalue weighted by atomic mass is 10.1. The van der Waals surface area contributed by atoms with Crippen molar-refractivity contribution in [1.82, 2.24) is 10.3 Å². The van der Waals surface area contributed by atoms with E-state index in [1.165, 1.54) is 0 Å². The third-order valence-corrected chi connectivity index (χ3v) is 3.59. The Morgan fingerprint density at radius 3 is 3.00 bits per heavy atom. The van der Waals surface area contributed by atoms with Crippen molar-refractivity contribution in [3.63, 3.8) is 0 Å². The van der Waals surface area contributed by atoms with Gasteiger partial charge in [-0.1, -0.05) is 0 Å². The Balaban J connectivity index is 1.58. The molecule has 0 saturated carbocycles. The quantitative estimate of drug-likeness (QED) is 0.907. The molecule has 1 aliphatic rings. The second kappa shape index (κ2) is 7.04. The molecule has 0 saturated heterocycles. The van der Waals surface area contributed by atoms with E-state index in [-0.39, 0.29) is 5.91 Å². The SMILES string of the molecule is O=C(CCc1ccncc1)Nc1ccc2c(c1)CNCCO2. The lowest BCUT2D eigenvalue weighted by molar-refractivity contribution is -0.116. The average Bonchev–Trinajstić information content (AvgIpc) is 2.79. The predicted octanol–water partition coefficient (Wildman–Crippen LogP) is 2.13. The highest BCUT2D eigenvalue weighted by atomic mass is 16.5. The number of aryl methyl sites for hydroxylation is 1. The molecule has 0 atom stereocenters. The molecule has 3 rings (SSSR count). The summed E-state index contributed by atoms with van der Waals surface area (Å²) >= 11 is 0. The van der Waals surface area contributed by atoms with Gasteiger partial charge in [0.15, 0.2) is 0 Å². The fourth-order valence-electron chi connectivity index (χ4n) is 2.42. The van der Waals surface area contributed by atoms with Crippen LogP contribution >= 0.6 is 0 Å². The van der Waals surface area contributed by atoms with Gasteiger partial charge in [-0.15, -0.1) is 0 Å². The number of nitrogens with one attached hydrogen (secondary N) is 2. The summed E-state index contributed by atoms with van der Waals surface area (Å²) in [5.74, 6) is 0.902. The second-order valence-electron chi connectivity index (χ2n) is 5.25. The number of nitrogens with zero attached hydrogens (tertiary/aromatic N) is 1. The van der Waals surface area contributed by atoms with E-state index in [4.69, 9.17) is 4.74 Å². The van der Waals surface area contributed by atoms with Gasteiger partial charge >= 0.3 is 0 Å². The number of carbonyl (C=O) groups is 1. The smallest absolute Gasteiger partial charge is 0.224 e. The standard InChI is InChI=1S/C17H19N3O2/c21-17(4-1-13-5-7-18-8-6-13)20-15-2-3-16-14(11-15)12-19-9-10-22-16/h2-3,5-8,11,19H,1,4,9-10,12H2,(H,20,21). The minimum Gasteiger partial charge on any atom is -0.492 e. The van der Waals surface area contributed by atoms with Gasteiger partial charge in [0.1, 0.15) is 12.4 Å². The molecule has 22 heavy (non-hydrogen) atoms. The number of rotatable bonds is 4. The highest BCUT2D eigenvalue weighted by Gasteiger charge is 2.10. The Morgan fingerprint density at radius 2 is 2.14 bits per heavy atom. The van der Waals surface area contributed by atoms with Crippen LogP contribution in [0.1, 0.15) is 17.5 Å². The van der Waals surface area contributed by atoms with Crippen molar-refractivity contribution in [3.8, 4) is 5.75 Å². The molecule has 0 fully saturated rings. The molecule has 114 valence electrons. The summed E-state index contributed by atoms with van der Waals surface area (Å²) in [6.45, 7) is 2.27. The summed E-state index contributed by atoms with van der Waals surface area (Å²) in [6, 6.07) is 9.63. The Hall–Kier alpha value is -2.40. The molecule has 5 heteroatoms. The number of pyridine rings is 1. The molecular weight excluding hydrogens is 278 g/mol. The van der Waals surface area contributed by atoms with Gasteiger partial charge in [0.05, 0.1) is 0 Å². The summed E-state index contributed by atoms with van der Waals surface area (Å²) in [4.78, 5) is 16.0. The first kappa shape index (κ1) is 14.5. The van der Waals surface area contributed by atoms with E-state index in [1.807, 2.05) is 30.3 Å². The Labute approximate surface area is 129 Å². The maximum absolute atomic E-state index is 12.0. The third kappa shape index (κ3) is 3.83. The van der Waals surface area contributed by atoms with E-state index in [0.29, 0.717) is 19.4 Å². The fraction of sp³-hybridized carbons (Fsp3) is 0.294. The highest BCUT2D eigenvalue weighted by molar-refractivity contribution is 5.91. The average molecular weight is 297 g/mol. The molecule has 5 nitrogen and oxygen atoms in total.